The monoisotopic (exact) mass is 339 g/mol. The minimum Gasteiger partial charge on any atom is -0.491 e. The first kappa shape index (κ1) is 16.7. The number of para-hydroxylation sites is 1. The van der Waals surface area contributed by atoms with Crippen molar-refractivity contribution >= 4 is 28.7 Å². The van der Waals surface area contributed by atoms with Crippen LogP contribution in [0, 0.1) is 10.1 Å². The molecule has 3 aromatic rings. The first-order chi connectivity index (χ1) is 12.2. The predicted molar refractivity (Wildman–Crippen MR) is 95.5 cm³/mol. The summed E-state index contributed by atoms with van der Waals surface area (Å²) in [4.78, 5) is 10.9. The van der Waals surface area contributed by atoms with Gasteiger partial charge in [-0.05, 0) is 30.4 Å². The molecule has 0 atom stereocenters. The molecule has 0 aliphatic rings. The zero-order valence-corrected chi connectivity index (χ0v) is 13.6. The second kappa shape index (κ2) is 7.59. The van der Waals surface area contributed by atoms with Crippen LogP contribution >= 0.6 is 0 Å². The second-order valence-corrected chi connectivity index (χ2v) is 5.31. The van der Waals surface area contributed by atoms with E-state index in [9.17, 15) is 10.1 Å². The highest BCUT2D eigenvalue weighted by atomic mass is 16.6. The zero-order chi connectivity index (χ0) is 17.6. The number of rotatable bonds is 7. The van der Waals surface area contributed by atoms with Crippen molar-refractivity contribution in [3.8, 4) is 5.75 Å². The predicted octanol–water partition coefficient (Wildman–Crippen LogP) is 3.67. The third-order valence-corrected chi connectivity index (χ3v) is 3.68. The van der Waals surface area contributed by atoms with Crippen molar-refractivity contribution in [1.82, 2.24) is 10.2 Å². The topological polar surface area (TPSA) is 90.3 Å². The summed E-state index contributed by atoms with van der Waals surface area (Å²) >= 11 is 0. The van der Waals surface area contributed by atoms with Crippen molar-refractivity contribution in [2.24, 2.45) is 0 Å². The number of hydrogen-bond acceptors (Lipinski definition) is 5. The Labute approximate surface area is 144 Å². The molecule has 0 unspecified atom stereocenters. The SMILES string of the molecule is COCCOc1ccc(C=Cc2n[nH]c3ccccc23)c([N+](=O)[O-])c1. The molecule has 0 saturated carbocycles. The van der Waals surface area contributed by atoms with Crippen LogP contribution in [0.2, 0.25) is 0 Å². The number of nitro benzene ring substituents is 1. The van der Waals surface area contributed by atoms with Gasteiger partial charge in [0, 0.05) is 12.5 Å². The highest BCUT2D eigenvalue weighted by Gasteiger charge is 2.13. The summed E-state index contributed by atoms with van der Waals surface area (Å²) in [5, 5.41) is 19.5. The van der Waals surface area contributed by atoms with Crippen LogP contribution in [-0.2, 0) is 4.74 Å². The Morgan fingerprint density at radius 2 is 2.04 bits per heavy atom. The molecule has 1 aromatic heterocycles. The average Bonchev–Trinajstić information content (AvgIpc) is 3.04. The molecular weight excluding hydrogens is 322 g/mol. The second-order valence-electron chi connectivity index (χ2n) is 5.31. The van der Waals surface area contributed by atoms with Gasteiger partial charge in [0.1, 0.15) is 12.4 Å². The van der Waals surface area contributed by atoms with E-state index in [1.165, 1.54) is 6.07 Å². The molecule has 0 aliphatic heterocycles. The first-order valence-corrected chi connectivity index (χ1v) is 7.70. The van der Waals surface area contributed by atoms with Crippen LogP contribution in [0.15, 0.2) is 42.5 Å². The summed E-state index contributed by atoms with van der Waals surface area (Å²) in [6, 6.07) is 12.5. The van der Waals surface area contributed by atoms with E-state index >= 15 is 0 Å². The number of aromatic nitrogens is 2. The van der Waals surface area contributed by atoms with Gasteiger partial charge in [-0.3, -0.25) is 15.2 Å². The number of fused-ring (bicyclic) bond motifs is 1. The summed E-state index contributed by atoms with van der Waals surface area (Å²) in [6.45, 7) is 0.754. The van der Waals surface area contributed by atoms with Crippen LogP contribution in [0.1, 0.15) is 11.3 Å². The van der Waals surface area contributed by atoms with Gasteiger partial charge in [-0.2, -0.15) is 5.10 Å². The molecule has 0 aliphatic carbocycles. The molecule has 1 N–H and O–H groups in total. The Balaban J connectivity index is 1.87. The van der Waals surface area contributed by atoms with Gasteiger partial charge in [0.25, 0.3) is 5.69 Å². The molecule has 2 aromatic carbocycles. The van der Waals surface area contributed by atoms with Crippen LogP contribution in [0.25, 0.3) is 23.1 Å². The highest BCUT2D eigenvalue weighted by molar-refractivity contribution is 5.89. The maximum Gasteiger partial charge on any atom is 0.280 e. The standard InChI is InChI=1S/C18H17N3O4/c1-24-10-11-25-14-8-6-13(18(12-14)21(22)23)7-9-17-15-4-2-3-5-16(15)19-20-17/h2-9,12H,10-11H2,1H3,(H,19,20). The Kier molecular flexibility index (Phi) is 5.06. The van der Waals surface area contributed by atoms with E-state index in [-0.39, 0.29) is 5.69 Å². The van der Waals surface area contributed by atoms with E-state index in [0.29, 0.717) is 24.5 Å². The smallest absolute Gasteiger partial charge is 0.280 e. The van der Waals surface area contributed by atoms with Crippen LogP contribution in [-0.4, -0.2) is 35.4 Å². The van der Waals surface area contributed by atoms with E-state index in [4.69, 9.17) is 9.47 Å². The minimum atomic E-state index is -0.425. The molecule has 0 radical (unpaired) electrons. The van der Waals surface area contributed by atoms with Gasteiger partial charge < -0.3 is 9.47 Å². The van der Waals surface area contributed by atoms with Gasteiger partial charge >= 0.3 is 0 Å². The fourth-order valence-electron chi connectivity index (χ4n) is 2.44. The molecule has 3 rings (SSSR count). The lowest BCUT2D eigenvalue weighted by Crippen LogP contribution is -2.04. The van der Waals surface area contributed by atoms with E-state index in [1.54, 1.807) is 31.4 Å². The average molecular weight is 339 g/mol. The van der Waals surface area contributed by atoms with Gasteiger partial charge in [0.15, 0.2) is 0 Å². The molecule has 0 saturated heterocycles. The summed E-state index contributed by atoms with van der Waals surface area (Å²) in [6.07, 6.45) is 3.44. The van der Waals surface area contributed by atoms with Crippen LogP contribution in [0.5, 0.6) is 5.75 Å². The molecular formula is C18H17N3O4. The quantitative estimate of drug-likeness (QED) is 0.403. The van der Waals surface area contributed by atoms with Crippen molar-refractivity contribution in [3.63, 3.8) is 0 Å². The highest BCUT2D eigenvalue weighted by Crippen LogP contribution is 2.27. The molecule has 0 fully saturated rings. The van der Waals surface area contributed by atoms with Crippen molar-refractivity contribution in [2.75, 3.05) is 20.3 Å². The molecule has 7 nitrogen and oxygen atoms in total. The molecule has 0 bridgehead atoms. The Morgan fingerprint density at radius 3 is 2.84 bits per heavy atom. The van der Waals surface area contributed by atoms with Gasteiger partial charge in [0.05, 0.1) is 34.4 Å². The summed E-state index contributed by atoms with van der Waals surface area (Å²) in [5.41, 5.74) is 2.10. The Bertz CT molecular complexity index is 918. The van der Waals surface area contributed by atoms with Crippen molar-refractivity contribution in [1.29, 1.82) is 0 Å². The van der Waals surface area contributed by atoms with Gasteiger partial charge in [-0.15, -0.1) is 0 Å². The Hall–Kier alpha value is -3.19. The van der Waals surface area contributed by atoms with E-state index < -0.39 is 4.92 Å². The number of benzene rings is 2. The van der Waals surface area contributed by atoms with E-state index in [0.717, 1.165) is 16.6 Å². The summed E-state index contributed by atoms with van der Waals surface area (Å²) in [7, 11) is 1.57. The number of aromatic amines is 1. The molecule has 0 amide bonds. The fourth-order valence-corrected chi connectivity index (χ4v) is 2.44. The number of nitro groups is 1. The first-order valence-electron chi connectivity index (χ1n) is 7.70. The number of nitrogens with one attached hydrogen (secondary N) is 1. The molecule has 0 spiro atoms. The maximum atomic E-state index is 11.3. The number of H-pyrrole nitrogens is 1. The third kappa shape index (κ3) is 3.84. The van der Waals surface area contributed by atoms with Crippen molar-refractivity contribution < 1.29 is 14.4 Å². The lowest BCUT2D eigenvalue weighted by Gasteiger charge is -2.06. The van der Waals surface area contributed by atoms with Gasteiger partial charge in [0.2, 0.25) is 0 Å². The lowest BCUT2D eigenvalue weighted by molar-refractivity contribution is -0.385. The van der Waals surface area contributed by atoms with Crippen molar-refractivity contribution in [2.45, 2.75) is 0 Å². The summed E-state index contributed by atoms with van der Waals surface area (Å²) in [5.74, 6) is 0.436. The van der Waals surface area contributed by atoms with Crippen LogP contribution in [0.4, 0.5) is 5.69 Å². The Morgan fingerprint density at radius 1 is 1.20 bits per heavy atom. The van der Waals surface area contributed by atoms with Crippen LogP contribution in [0.3, 0.4) is 0 Å². The number of nitrogens with zero attached hydrogens (tertiary/aromatic N) is 2. The minimum absolute atomic E-state index is 0.0222. The molecule has 7 heteroatoms. The number of methoxy groups -OCH3 is 1. The van der Waals surface area contributed by atoms with Crippen molar-refractivity contribution in [3.05, 3.63) is 63.8 Å². The van der Waals surface area contributed by atoms with Crippen LogP contribution < -0.4 is 4.74 Å². The van der Waals surface area contributed by atoms with E-state index in [2.05, 4.69) is 10.2 Å². The molecule has 128 valence electrons. The third-order valence-electron chi connectivity index (χ3n) is 3.68. The van der Waals surface area contributed by atoms with Gasteiger partial charge in [-0.1, -0.05) is 18.2 Å². The largest absolute Gasteiger partial charge is 0.491 e. The maximum absolute atomic E-state index is 11.3. The summed E-state index contributed by atoms with van der Waals surface area (Å²) < 4.78 is 10.3. The fraction of sp³-hybridized carbons (Fsp3) is 0.167. The van der Waals surface area contributed by atoms with Gasteiger partial charge in [-0.25, -0.2) is 0 Å². The van der Waals surface area contributed by atoms with E-state index in [1.807, 2.05) is 24.3 Å². The number of hydrogen-bond donors (Lipinski definition) is 1. The molecule has 25 heavy (non-hydrogen) atoms. The lowest BCUT2D eigenvalue weighted by atomic mass is 10.1. The number of ether oxygens (including phenoxy) is 2. The molecule has 1 heterocycles. The zero-order valence-electron chi connectivity index (χ0n) is 13.6. The normalized spacial score (nSPS) is 11.2.